The zero-order valence-corrected chi connectivity index (χ0v) is 12.9. The second-order valence-corrected chi connectivity index (χ2v) is 5.41. The van der Waals surface area contributed by atoms with Crippen molar-refractivity contribution in [2.24, 2.45) is 0 Å². The molecular formula is C18H18FNO3. The average Bonchev–Trinajstić information content (AvgIpc) is 2.96. The number of amides is 1. The van der Waals surface area contributed by atoms with Crippen molar-refractivity contribution in [3.8, 4) is 5.75 Å². The number of benzene rings is 2. The van der Waals surface area contributed by atoms with Gasteiger partial charge in [0, 0.05) is 6.07 Å². The van der Waals surface area contributed by atoms with E-state index in [0.29, 0.717) is 18.8 Å². The van der Waals surface area contributed by atoms with Crippen LogP contribution < -0.4 is 9.64 Å². The molecule has 4 nitrogen and oxygen atoms in total. The van der Waals surface area contributed by atoms with E-state index in [0.717, 1.165) is 12.0 Å². The summed E-state index contributed by atoms with van der Waals surface area (Å²) in [5, 5.41) is 0. The van der Waals surface area contributed by atoms with Gasteiger partial charge in [-0.1, -0.05) is 37.3 Å². The predicted octanol–water partition coefficient (Wildman–Crippen LogP) is 4.14. The molecule has 0 spiro atoms. The minimum absolute atomic E-state index is 0.139. The van der Waals surface area contributed by atoms with Crippen molar-refractivity contribution in [1.29, 1.82) is 0 Å². The van der Waals surface area contributed by atoms with Gasteiger partial charge in [-0.25, -0.2) is 9.18 Å². The molecule has 2 aromatic carbocycles. The van der Waals surface area contributed by atoms with Crippen LogP contribution in [0.3, 0.4) is 0 Å². The highest BCUT2D eigenvalue weighted by molar-refractivity contribution is 5.89. The van der Waals surface area contributed by atoms with Crippen LogP contribution in [0.2, 0.25) is 0 Å². The Morgan fingerprint density at radius 3 is 2.70 bits per heavy atom. The van der Waals surface area contributed by atoms with E-state index in [1.807, 2.05) is 37.3 Å². The molecule has 0 N–H and O–H groups in total. The van der Waals surface area contributed by atoms with E-state index in [9.17, 15) is 9.18 Å². The molecule has 1 amide bonds. The van der Waals surface area contributed by atoms with Gasteiger partial charge in [-0.2, -0.15) is 0 Å². The van der Waals surface area contributed by atoms with E-state index < -0.39 is 11.9 Å². The lowest BCUT2D eigenvalue weighted by molar-refractivity contribution is 0.139. The highest BCUT2D eigenvalue weighted by Crippen LogP contribution is 2.28. The van der Waals surface area contributed by atoms with Gasteiger partial charge >= 0.3 is 6.09 Å². The van der Waals surface area contributed by atoms with Crippen molar-refractivity contribution >= 4 is 11.8 Å². The van der Waals surface area contributed by atoms with Gasteiger partial charge in [0.25, 0.3) is 0 Å². The molecule has 0 aliphatic carbocycles. The Bertz CT molecular complexity index is 690. The third-order valence-corrected chi connectivity index (χ3v) is 3.79. The highest BCUT2D eigenvalue weighted by atomic mass is 19.1. The van der Waals surface area contributed by atoms with Gasteiger partial charge < -0.3 is 9.47 Å². The van der Waals surface area contributed by atoms with Crippen molar-refractivity contribution in [3.05, 3.63) is 59.9 Å². The number of hydrogen-bond acceptors (Lipinski definition) is 3. The van der Waals surface area contributed by atoms with E-state index in [1.54, 1.807) is 12.1 Å². The first-order valence-corrected chi connectivity index (χ1v) is 7.62. The van der Waals surface area contributed by atoms with Crippen LogP contribution in [0.4, 0.5) is 14.9 Å². The molecule has 1 heterocycles. The van der Waals surface area contributed by atoms with Crippen LogP contribution in [0.5, 0.6) is 5.75 Å². The maximum absolute atomic E-state index is 14.2. The van der Waals surface area contributed by atoms with Crippen molar-refractivity contribution in [2.75, 3.05) is 11.4 Å². The van der Waals surface area contributed by atoms with Crippen molar-refractivity contribution in [2.45, 2.75) is 26.1 Å². The van der Waals surface area contributed by atoms with Gasteiger partial charge in [-0.05, 0) is 24.1 Å². The first kappa shape index (κ1) is 15.3. The number of cyclic esters (lactones) is 1. The summed E-state index contributed by atoms with van der Waals surface area (Å²) in [5.74, 6) is -0.330. The molecule has 0 bridgehead atoms. The normalized spacial score (nSPS) is 17.2. The molecule has 0 aromatic heterocycles. The van der Waals surface area contributed by atoms with E-state index >= 15 is 0 Å². The van der Waals surface area contributed by atoms with Crippen LogP contribution in [0.15, 0.2) is 48.5 Å². The Morgan fingerprint density at radius 1 is 1.26 bits per heavy atom. The molecule has 5 heteroatoms. The molecule has 0 unspecified atom stereocenters. The molecule has 120 valence electrons. The summed E-state index contributed by atoms with van der Waals surface area (Å²) < 4.78 is 24.9. The van der Waals surface area contributed by atoms with E-state index in [1.165, 1.54) is 11.0 Å². The number of rotatable bonds is 5. The summed E-state index contributed by atoms with van der Waals surface area (Å²) in [6, 6.07) is 14.1. The van der Waals surface area contributed by atoms with Crippen LogP contribution in [0.1, 0.15) is 18.9 Å². The third-order valence-electron chi connectivity index (χ3n) is 3.79. The largest absolute Gasteiger partial charge is 0.486 e. The number of hydrogen-bond donors (Lipinski definition) is 0. The minimum atomic E-state index is -0.494. The van der Waals surface area contributed by atoms with Gasteiger partial charge in [0.1, 0.15) is 12.7 Å². The molecule has 0 saturated carbocycles. The second-order valence-electron chi connectivity index (χ2n) is 5.41. The number of ether oxygens (including phenoxy) is 2. The molecular weight excluding hydrogens is 297 g/mol. The van der Waals surface area contributed by atoms with E-state index in [2.05, 4.69) is 0 Å². The molecule has 1 atom stereocenters. The third kappa shape index (κ3) is 3.44. The SMILES string of the molecule is CC[C@H]1CN(c2ccc(OCc3ccccc3)c(F)c2)C(=O)O1. The van der Waals surface area contributed by atoms with Gasteiger partial charge in [-0.15, -0.1) is 0 Å². The van der Waals surface area contributed by atoms with Gasteiger partial charge in [0.05, 0.1) is 12.2 Å². The van der Waals surface area contributed by atoms with E-state index in [-0.39, 0.29) is 11.9 Å². The standard InChI is InChI=1S/C18H18FNO3/c1-2-15-11-20(18(21)23-15)14-8-9-17(16(19)10-14)22-12-13-6-4-3-5-7-13/h3-10,15H,2,11-12H2,1H3/t15-/m0/s1. The minimum Gasteiger partial charge on any atom is -0.486 e. The summed E-state index contributed by atoms with van der Waals surface area (Å²) in [4.78, 5) is 13.2. The predicted molar refractivity (Wildman–Crippen MR) is 85.1 cm³/mol. The lowest BCUT2D eigenvalue weighted by Crippen LogP contribution is -2.24. The maximum Gasteiger partial charge on any atom is 0.414 e. The Morgan fingerprint density at radius 2 is 2.04 bits per heavy atom. The van der Waals surface area contributed by atoms with E-state index in [4.69, 9.17) is 9.47 Å². The maximum atomic E-state index is 14.2. The first-order chi connectivity index (χ1) is 11.2. The summed E-state index contributed by atoms with van der Waals surface area (Å²) in [5.41, 5.74) is 1.44. The van der Waals surface area contributed by atoms with Gasteiger partial charge in [0.2, 0.25) is 0 Å². The molecule has 1 fully saturated rings. The van der Waals surface area contributed by atoms with Crippen LogP contribution >= 0.6 is 0 Å². The van der Waals surface area contributed by atoms with Crippen LogP contribution in [0.25, 0.3) is 0 Å². The Kier molecular flexibility index (Phi) is 4.46. The Labute approximate surface area is 134 Å². The summed E-state index contributed by atoms with van der Waals surface area (Å²) >= 11 is 0. The smallest absolute Gasteiger partial charge is 0.414 e. The van der Waals surface area contributed by atoms with Crippen LogP contribution in [-0.2, 0) is 11.3 Å². The number of carbonyl (C=O) groups excluding carboxylic acids is 1. The van der Waals surface area contributed by atoms with Gasteiger partial charge in [0.15, 0.2) is 11.6 Å². The molecule has 1 saturated heterocycles. The quantitative estimate of drug-likeness (QED) is 0.832. The first-order valence-electron chi connectivity index (χ1n) is 7.62. The molecule has 0 radical (unpaired) electrons. The summed E-state index contributed by atoms with van der Waals surface area (Å²) in [6.07, 6.45) is 0.164. The second kappa shape index (κ2) is 6.69. The molecule has 1 aliphatic heterocycles. The molecule has 1 aliphatic rings. The van der Waals surface area contributed by atoms with Crippen LogP contribution in [-0.4, -0.2) is 18.7 Å². The molecule has 23 heavy (non-hydrogen) atoms. The van der Waals surface area contributed by atoms with Crippen molar-refractivity contribution < 1.29 is 18.7 Å². The molecule has 2 aromatic rings. The fourth-order valence-corrected chi connectivity index (χ4v) is 2.45. The topological polar surface area (TPSA) is 38.8 Å². The monoisotopic (exact) mass is 315 g/mol. The number of halogens is 1. The number of carbonyl (C=O) groups is 1. The number of anilines is 1. The molecule has 3 rings (SSSR count). The highest BCUT2D eigenvalue weighted by Gasteiger charge is 2.31. The zero-order chi connectivity index (χ0) is 16.2. The van der Waals surface area contributed by atoms with Gasteiger partial charge in [-0.3, -0.25) is 4.90 Å². The van der Waals surface area contributed by atoms with Crippen molar-refractivity contribution in [1.82, 2.24) is 0 Å². The fourth-order valence-electron chi connectivity index (χ4n) is 2.45. The van der Waals surface area contributed by atoms with Crippen LogP contribution in [0, 0.1) is 5.82 Å². The lowest BCUT2D eigenvalue weighted by Gasteiger charge is -2.14. The van der Waals surface area contributed by atoms with Crippen molar-refractivity contribution in [3.63, 3.8) is 0 Å². The Balaban J connectivity index is 1.70. The fraction of sp³-hybridized carbons (Fsp3) is 0.278. The lowest BCUT2D eigenvalue weighted by atomic mass is 10.2. The summed E-state index contributed by atoms with van der Waals surface area (Å²) in [7, 11) is 0. The zero-order valence-electron chi connectivity index (χ0n) is 12.9. The average molecular weight is 315 g/mol. The number of nitrogens with zero attached hydrogens (tertiary/aromatic N) is 1. The summed E-state index contributed by atoms with van der Waals surface area (Å²) in [6.45, 7) is 2.68. The Hall–Kier alpha value is -2.56.